The van der Waals surface area contributed by atoms with E-state index in [0.29, 0.717) is 26.8 Å². The third-order valence-corrected chi connectivity index (χ3v) is 5.53. The van der Waals surface area contributed by atoms with Crippen LogP contribution in [0.3, 0.4) is 0 Å². The highest BCUT2D eigenvalue weighted by Gasteiger charge is 2.48. The Morgan fingerprint density at radius 3 is 2.67 bits per heavy atom. The van der Waals surface area contributed by atoms with Crippen molar-refractivity contribution in [2.24, 2.45) is 0 Å². The molecule has 1 saturated heterocycles. The number of aliphatic hydroxyl groups is 4. The molecule has 3 aromatic rings. The van der Waals surface area contributed by atoms with Gasteiger partial charge in [0.15, 0.2) is 5.82 Å². The number of ether oxygens (including phenoxy) is 1. The minimum absolute atomic E-state index is 0.296. The van der Waals surface area contributed by atoms with E-state index in [-0.39, 0.29) is 6.61 Å². The second-order valence-electron chi connectivity index (χ2n) is 7.10. The SMILES string of the molecule is O=c1c2cc(Br)ccc2nc(-c2ccccc2)n1NC[C@@]1(O)OC[C@@H](O)[C@@H](O)[C@@H]1O. The minimum atomic E-state index is -2.22. The largest absolute Gasteiger partial charge is 0.388 e. The molecule has 9 nitrogen and oxygen atoms in total. The molecule has 10 heteroatoms. The summed E-state index contributed by atoms with van der Waals surface area (Å²) in [5.41, 5.74) is 3.49. The van der Waals surface area contributed by atoms with Crippen LogP contribution in [0.2, 0.25) is 0 Å². The Morgan fingerprint density at radius 1 is 1.20 bits per heavy atom. The minimum Gasteiger partial charge on any atom is -0.388 e. The zero-order valence-electron chi connectivity index (χ0n) is 15.6. The molecule has 158 valence electrons. The van der Waals surface area contributed by atoms with E-state index >= 15 is 0 Å². The molecule has 0 spiro atoms. The molecule has 0 saturated carbocycles. The van der Waals surface area contributed by atoms with E-state index < -0.39 is 36.2 Å². The maximum Gasteiger partial charge on any atom is 0.280 e. The summed E-state index contributed by atoms with van der Waals surface area (Å²) in [6.45, 7) is -0.821. The van der Waals surface area contributed by atoms with Gasteiger partial charge < -0.3 is 30.6 Å². The van der Waals surface area contributed by atoms with E-state index in [2.05, 4.69) is 26.3 Å². The molecular formula is C20H20BrN3O6. The first-order valence-corrected chi connectivity index (χ1v) is 10.0. The van der Waals surface area contributed by atoms with Crippen molar-refractivity contribution in [2.75, 3.05) is 18.6 Å². The Labute approximate surface area is 179 Å². The summed E-state index contributed by atoms with van der Waals surface area (Å²) < 4.78 is 7.03. The van der Waals surface area contributed by atoms with Gasteiger partial charge in [0.25, 0.3) is 5.56 Å². The van der Waals surface area contributed by atoms with Crippen molar-refractivity contribution in [1.29, 1.82) is 0 Å². The summed E-state index contributed by atoms with van der Waals surface area (Å²) >= 11 is 3.34. The van der Waals surface area contributed by atoms with E-state index in [0.717, 1.165) is 4.68 Å². The topological polar surface area (TPSA) is 137 Å². The lowest BCUT2D eigenvalue weighted by atomic mass is 9.97. The zero-order valence-corrected chi connectivity index (χ0v) is 17.2. The Bertz CT molecular complexity index is 1120. The third-order valence-electron chi connectivity index (χ3n) is 5.04. The average molecular weight is 478 g/mol. The molecule has 0 amide bonds. The fourth-order valence-corrected chi connectivity index (χ4v) is 3.69. The highest BCUT2D eigenvalue weighted by atomic mass is 79.9. The number of fused-ring (bicyclic) bond motifs is 1. The van der Waals surface area contributed by atoms with Crippen molar-refractivity contribution in [3.05, 3.63) is 63.4 Å². The number of aliphatic hydroxyl groups excluding tert-OH is 3. The highest BCUT2D eigenvalue weighted by molar-refractivity contribution is 9.10. The van der Waals surface area contributed by atoms with Crippen LogP contribution in [0.15, 0.2) is 57.8 Å². The molecule has 30 heavy (non-hydrogen) atoms. The molecule has 4 rings (SSSR count). The molecule has 1 aliphatic heterocycles. The maximum atomic E-state index is 13.2. The van der Waals surface area contributed by atoms with Crippen molar-refractivity contribution in [3.8, 4) is 11.4 Å². The van der Waals surface area contributed by atoms with Gasteiger partial charge in [0.05, 0.1) is 24.1 Å². The summed E-state index contributed by atoms with van der Waals surface area (Å²) in [6, 6.07) is 14.1. The first kappa shape index (κ1) is 20.9. The molecule has 1 aliphatic rings. The molecular weight excluding hydrogens is 458 g/mol. The number of halogens is 1. The van der Waals surface area contributed by atoms with Crippen molar-refractivity contribution < 1.29 is 25.2 Å². The summed E-state index contributed by atoms with van der Waals surface area (Å²) in [5.74, 6) is -1.93. The van der Waals surface area contributed by atoms with Crippen molar-refractivity contribution in [2.45, 2.75) is 24.1 Å². The molecule has 0 radical (unpaired) electrons. The fraction of sp³-hybridized carbons (Fsp3) is 0.300. The zero-order chi connectivity index (χ0) is 21.5. The lowest BCUT2D eigenvalue weighted by Crippen LogP contribution is -2.64. The van der Waals surface area contributed by atoms with Crippen LogP contribution in [0.25, 0.3) is 22.3 Å². The predicted octanol–water partition coefficient (Wildman–Crippen LogP) is 0.171. The average Bonchev–Trinajstić information content (AvgIpc) is 2.75. The van der Waals surface area contributed by atoms with E-state index in [1.807, 2.05) is 6.07 Å². The Morgan fingerprint density at radius 2 is 1.93 bits per heavy atom. The summed E-state index contributed by atoms with van der Waals surface area (Å²) in [6.07, 6.45) is -4.71. The van der Waals surface area contributed by atoms with Crippen LogP contribution in [0.4, 0.5) is 0 Å². The quantitative estimate of drug-likeness (QED) is 0.358. The Kier molecular flexibility index (Phi) is 5.62. The van der Waals surface area contributed by atoms with Gasteiger partial charge in [0.2, 0.25) is 5.79 Å². The molecule has 1 aromatic heterocycles. The van der Waals surface area contributed by atoms with E-state index in [4.69, 9.17) is 4.74 Å². The van der Waals surface area contributed by atoms with Gasteiger partial charge in [0, 0.05) is 10.0 Å². The molecule has 0 unspecified atom stereocenters. The van der Waals surface area contributed by atoms with Gasteiger partial charge in [-0.15, -0.1) is 0 Å². The molecule has 2 heterocycles. The van der Waals surface area contributed by atoms with Gasteiger partial charge in [-0.3, -0.25) is 4.79 Å². The second kappa shape index (κ2) is 8.06. The fourth-order valence-electron chi connectivity index (χ4n) is 3.32. The molecule has 0 aliphatic carbocycles. The third kappa shape index (κ3) is 3.73. The van der Waals surface area contributed by atoms with E-state index in [9.17, 15) is 25.2 Å². The first-order valence-electron chi connectivity index (χ1n) is 9.22. The number of hydrogen-bond acceptors (Lipinski definition) is 8. The first-order chi connectivity index (χ1) is 14.3. The van der Waals surface area contributed by atoms with Gasteiger partial charge in [0.1, 0.15) is 18.3 Å². The summed E-state index contributed by atoms with van der Waals surface area (Å²) in [5, 5.41) is 40.7. The highest BCUT2D eigenvalue weighted by Crippen LogP contribution is 2.25. The standard InChI is InChI=1S/C20H20BrN3O6/c21-12-6-7-14-13(8-12)19(28)24(18(23-14)11-4-2-1-3-5-11)22-10-20(29)17(27)16(26)15(25)9-30-20/h1-8,15-17,22,25-27,29H,9-10H2/t15-,16-,17+,20-/m1/s1. The molecule has 0 bridgehead atoms. The van der Waals surface area contributed by atoms with Crippen LogP contribution in [0.1, 0.15) is 0 Å². The van der Waals surface area contributed by atoms with Crippen molar-refractivity contribution in [1.82, 2.24) is 9.66 Å². The van der Waals surface area contributed by atoms with Crippen molar-refractivity contribution in [3.63, 3.8) is 0 Å². The van der Waals surface area contributed by atoms with Crippen LogP contribution in [-0.2, 0) is 4.74 Å². The molecule has 1 fully saturated rings. The van der Waals surface area contributed by atoms with Gasteiger partial charge >= 0.3 is 0 Å². The van der Waals surface area contributed by atoms with Crippen LogP contribution in [0.5, 0.6) is 0 Å². The van der Waals surface area contributed by atoms with Gasteiger partial charge in [-0.05, 0) is 18.2 Å². The molecule has 2 aromatic carbocycles. The number of hydrogen-bond donors (Lipinski definition) is 5. The van der Waals surface area contributed by atoms with E-state index in [1.54, 1.807) is 42.5 Å². The molecule has 4 atom stereocenters. The lowest BCUT2D eigenvalue weighted by molar-refractivity contribution is -0.314. The molecule has 5 N–H and O–H groups in total. The summed E-state index contributed by atoms with van der Waals surface area (Å²) in [4.78, 5) is 17.8. The van der Waals surface area contributed by atoms with Crippen LogP contribution >= 0.6 is 15.9 Å². The number of benzene rings is 2. The van der Waals surface area contributed by atoms with Crippen LogP contribution < -0.4 is 11.0 Å². The van der Waals surface area contributed by atoms with E-state index in [1.165, 1.54) is 0 Å². The number of aromatic nitrogens is 2. The second-order valence-corrected chi connectivity index (χ2v) is 8.01. The van der Waals surface area contributed by atoms with Crippen LogP contribution in [0, 0.1) is 0 Å². The monoisotopic (exact) mass is 477 g/mol. The lowest BCUT2D eigenvalue weighted by Gasteiger charge is -2.41. The Hall–Kier alpha value is -2.34. The number of nitrogens with one attached hydrogen (secondary N) is 1. The summed E-state index contributed by atoms with van der Waals surface area (Å²) in [7, 11) is 0. The number of nitrogens with zero attached hydrogens (tertiary/aromatic N) is 2. The predicted molar refractivity (Wildman–Crippen MR) is 112 cm³/mol. The maximum absolute atomic E-state index is 13.2. The van der Waals surface area contributed by atoms with Crippen LogP contribution in [-0.4, -0.2) is 67.3 Å². The van der Waals surface area contributed by atoms with Crippen molar-refractivity contribution >= 4 is 26.8 Å². The van der Waals surface area contributed by atoms with Gasteiger partial charge in [-0.25, -0.2) is 9.66 Å². The Balaban J connectivity index is 1.77. The number of rotatable bonds is 4. The van der Waals surface area contributed by atoms with Gasteiger partial charge in [-0.1, -0.05) is 46.3 Å². The van der Waals surface area contributed by atoms with Gasteiger partial charge in [-0.2, -0.15) is 0 Å². The normalized spacial score (nSPS) is 26.6. The smallest absolute Gasteiger partial charge is 0.280 e.